The third-order valence-corrected chi connectivity index (χ3v) is 3.72. The fourth-order valence-corrected chi connectivity index (χ4v) is 2.44. The monoisotopic (exact) mass is 279 g/mol. The predicted molar refractivity (Wildman–Crippen MR) is 76.5 cm³/mol. The lowest BCUT2D eigenvalue weighted by atomic mass is 10.1. The van der Waals surface area contributed by atoms with Crippen LogP contribution in [-0.2, 0) is 6.42 Å². The standard InChI is InChI=1S/C14H14ClNOS/c1-10-8-12(9-18-10)14(17)16-7-6-11-2-4-13(15)5-3-11/h2-5,8-9H,6-7H2,1H3,(H,16,17). The van der Waals surface area contributed by atoms with Gasteiger partial charge in [0.2, 0.25) is 0 Å². The summed E-state index contributed by atoms with van der Waals surface area (Å²) in [5.74, 6) is -0.00619. The Balaban J connectivity index is 1.82. The molecule has 0 fully saturated rings. The van der Waals surface area contributed by atoms with Crippen molar-refractivity contribution < 1.29 is 4.79 Å². The predicted octanol–water partition coefficient (Wildman–Crippen LogP) is 3.68. The van der Waals surface area contributed by atoms with Crippen LogP contribution in [0.5, 0.6) is 0 Å². The number of carbonyl (C=O) groups excluding carboxylic acids is 1. The summed E-state index contributed by atoms with van der Waals surface area (Å²) in [6.07, 6.45) is 0.812. The third-order valence-electron chi connectivity index (χ3n) is 2.61. The van der Waals surface area contributed by atoms with Crippen LogP contribution in [0.2, 0.25) is 5.02 Å². The van der Waals surface area contributed by atoms with Gasteiger partial charge in [-0.05, 0) is 37.1 Å². The van der Waals surface area contributed by atoms with Crippen LogP contribution in [0.1, 0.15) is 20.8 Å². The smallest absolute Gasteiger partial charge is 0.252 e. The highest BCUT2D eigenvalue weighted by atomic mass is 35.5. The summed E-state index contributed by atoms with van der Waals surface area (Å²) in [6.45, 7) is 2.63. The van der Waals surface area contributed by atoms with Crippen molar-refractivity contribution in [1.82, 2.24) is 5.32 Å². The molecule has 0 saturated carbocycles. The average molecular weight is 280 g/mol. The molecule has 94 valence electrons. The lowest BCUT2D eigenvalue weighted by Gasteiger charge is -2.04. The van der Waals surface area contributed by atoms with Crippen molar-refractivity contribution in [3.8, 4) is 0 Å². The first-order chi connectivity index (χ1) is 8.65. The third kappa shape index (κ3) is 3.59. The molecule has 4 heteroatoms. The van der Waals surface area contributed by atoms with Crippen LogP contribution in [0.3, 0.4) is 0 Å². The maximum Gasteiger partial charge on any atom is 0.252 e. The van der Waals surface area contributed by atoms with Gasteiger partial charge in [0.05, 0.1) is 5.56 Å². The molecule has 0 atom stereocenters. The second-order valence-electron chi connectivity index (χ2n) is 4.08. The van der Waals surface area contributed by atoms with Gasteiger partial charge in [-0.2, -0.15) is 0 Å². The van der Waals surface area contributed by atoms with E-state index in [9.17, 15) is 4.79 Å². The van der Waals surface area contributed by atoms with Gasteiger partial charge >= 0.3 is 0 Å². The number of benzene rings is 1. The topological polar surface area (TPSA) is 29.1 Å². The van der Waals surface area contributed by atoms with E-state index in [1.54, 1.807) is 11.3 Å². The van der Waals surface area contributed by atoms with Gasteiger partial charge in [0.1, 0.15) is 0 Å². The van der Waals surface area contributed by atoms with Crippen LogP contribution in [0.25, 0.3) is 0 Å². The van der Waals surface area contributed by atoms with Gasteiger partial charge in [0, 0.05) is 21.8 Å². The van der Waals surface area contributed by atoms with Gasteiger partial charge in [-0.1, -0.05) is 23.7 Å². The van der Waals surface area contributed by atoms with Crippen LogP contribution in [-0.4, -0.2) is 12.5 Å². The van der Waals surface area contributed by atoms with Crippen LogP contribution in [0.4, 0.5) is 0 Å². The van der Waals surface area contributed by atoms with Gasteiger partial charge in [-0.25, -0.2) is 0 Å². The molecule has 2 rings (SSSR count). The van der Waals surface area contributed by atoms with Crippen molar-refractivity contribution in [2.45, 2.75) is 13.3 Å². The maximum atomic E-state index is 11.8. The van der Waals surface area contributed by atoms with Crippen molar-refractivity contribution in [2.24, 2.45) is 0 Å². The zero-order valence-electron chi connectivity index (χ0n) is 10.1. The molecule has 1 heterocycles. The lowest BCUT2D eigenvalue weighted by Crippen LogP contribution is -2.25. The molecular weight excluding hydrogens is 266 g/mol. The Labute approximate surface area is 116 Å². The quantitative estimate of drug-likeness (QED) is 0.909. The fraction of sp³-hybridized carbons (Fsp3) is 0.214. The molecule has 2 aromatic rings. The Morgan fingerprint density at radius 1 is 1.33 bits per heavy atom. The fourth-order valence-electron chi connectivity index (χ4n) is 1.64. The lowest BCUT2D eigenvalue weighted by molar-refractivity contribution is 0.0954. The van der Waals surface area contributed by atoms with Crippen molar-refractivity contribution in [3.63, 3.8) is 0 Å². The molecule has 0 bridgehead atoms. The molecule has 0 saturated heterocycles. The van der Waals surface area contributed by atoms with Crippen LogP contribution < -0.4 is 5.32 Å². The Morgan fingerprint density at radius 2 is 2.06 bits per heavy atom. The SMILES string of the molecule is Cc1cc(C(=O)NCCc2ccc(Cl)cc2)cs1. The van der Waals surface area contributed by atoms with E-state index in [2.05, 4.69) is 5.32 Å². The first kappa shape index (κ1) is 13.1. The van der Waals surface area contributed by atoms with E-state index in [0.29, 0.717) is 6.54 Å². The number of hydrogen-bond acceptors (Lipinski definition) is 2. The number of rotatable bonds is 4. The zero-order chi connectivity index (χ0) is 13.0. The average Bonchev–Trinajstić information content (AvgIpc) is 2.78. The highest BCUT2D eigenvalue weighted by Crippen LogP contribution is 2.13. The van der Waals surface area contributed by atoms with Gasteiger partial charge in [-0.3, -0.25) is 4.79 Å². The number of halogens is 1. The first-order valence-electron chi connectivity index (χ1n) is 5.73. The van der Waals surface area contributed by atoms with Crippen molar-refractivity contribution in [2.75, 3.05) is 6.54 Å². The highest BCUT2D eigenvalue weighted by molar-refractivity contribution is 7.10. The Kier molecular flexibility index (Phi) is 4.39. The first-order valence-corrected chi connectivity index (χ1v) is 6.99. The molecule has 0 radical (unpaired) electrons. The van der Waals surface area contributed by atoms with Gasteiger partial charge in [-0.15, -0.1) is 11.3 Å². The highest BCUT2D eigenvalue weighted by Gasteiger charge is 2.06. The number of hydrogen-bond donors (Lipinski definition) is 1. The molecule has 1 aromatic carbocycles. The summed E-state index contributed by atoms with van der Waals surface area (Å²) in [5, 5.41) is 5.52. The number of thiophene rings is 1. The van der Waals surface area contributed by atoms with Gasteiger partial charge in [0.25, 0.3) is 5.91 Å². The summed E-state index contributed by atoms with van der Waals surface area (Å²) in [6, 6.07) is 9.58. The number of nitrogens with one attached hydrogen (secondary N) is 1. The normalized spacial score (nSPS) is 10.3. The second kappa shape index (κ2) is 6.03. The van der Waals surface area contributed by atoms with E-state index < -0.39 is 0 Å². The summed E-state index contributed by atoms with van der Waals surface area (Å²) in [7, 11) is 0. The molecule has 1 aromatic heterocycles. The van der Waals surface area contributed by atoms with Crippen LogP contribution in [0, 0.1) is 6.92 Å². The Bertz CT molecular complexity index is 533. The molecule has 18 heavy (non-hydrogen) atoms. The van der Waals surface area contributed by atoms with Crippen LogP contribution >= 0.6 is 22.9 Å². The minimum atomic E-state index is -0.00619. The molecule has 0 spiro atoms. The summed E-state index contributed by atoms with van der Waals surface area (Å²) in [5.41, 5.74) is 1.91. The molecule has 0 aliphatic heterocycles. The number of aryl methyl sites for hydroxylation is 1. The summed E-state index contributed by atoms with van der Waals surface area (Å²) in [4.78, 5) is 12.9. The van der Waals surface area contributed by atoms with Crippen molar-refractivity contribution in [1.29, 1.82) is 0 Å². The van der Waals surface area contributed by atoms with Crippen molar-refractivity contribution in [3.05, 3.63) is 56.7 Å². The molecule has 2 nitrogen and oxygen atoms in total. The van der Waals surface area contributed by atoms with Gasteiger partial charge in [0.15, 0.2) is 0 Å². The number of carbonyl (C=O) groups is 1. The van der Waals surface area contributed by atoms with E-state index in [1.165, 1.54) is 5.56 Å². The second-order valence-corrected chi connectivity index (χ2v) is 5.63. The summed E-state index contributed by atoms with van der Waals surface area (Å²) >= 11 is 7.40. The number of amides is 1. The van der Waals surface area contributed by atoms with Crippen molar-refractivity contribution >= 4 is 28.8 Å². The van der Waals surface area contributed by atoms with E-state index in [1.807, 2.05) is 42.6 Å². The van der Waals surface area contributed by atoms with Gasteiger partial charge < -0.3 is 5.32 Å². The Hall–Kier alpha value is -1.32. The molecular formula is C14H14ClNOS. The summed E-state index contributed by atoms with van der Waals surface area (Å²) < 4.78 is 0. The minimum Gasteiger partial charge on any atom is -0.352 e. The van der Waals surface area contributed by atoms with E-state index in [0.717, 1.165) is 21.9 Å². The maximum absolute atomic E-state index is 11.8. The largest absolute Gasteiger partial charge is 0.352 e. The van der Waals surface area contributed by atoms with Crippen LogP contribution in [0.15, 0.2) is 35.7 Å². The minimum absolute atomic E-state index is 0.00619. The molecule has 0 aliphatic carbocycles. The molecule has 0 aliphatic rings. The van der Waals surface area contributed by atoms with E-state index in [4.69, 9.17) is 11.6 Å². The van der Waals surface area contributed by atoms with E-state index >= 15 is 0 Å². The molecule has 1 N–H and O–H groups in total. The zero-order valence-corrected chi connectivity index (χ0v) is 11.6. The molecule has 1 amide bonds. The van der Waals surface area contributed by atoms with E-state index in [-0.39, 0.29) is 5.91 Å². The molecule has 0 unspecified atom stereocenters. The Morgan fingerprint density at radius 3 is 2.67 bits per heavy atom.